The van der Waals surface area contributed by atoms with Crippen molar-refractivity contribution in [1.29, 1.82) is 0 Å². The lowest BCUT2D eigenvalue weighted by molar-refractivity contribution is 0.196. The standard InChI is InChI=1S/C13H17ClO/c1-15-11-5-3-2-4-6-12-7-9-13(14)10-8-12/h2,4,7-10H,3,5-6,11H2,1H3. The van der Waals surface area contributed by atoms with Crippen LogP contribution in [-0.4, -0.2) is 13.7 Å². The molecule has 1 nitrogen and oxygen atoms in total. The van der Waals surface area contributed by atoms with Gasteiger partial charge in [-0.25, -0.2) is 0 Å². The maximum atomic E-state index is 5.80. The van der Waals surface area contributed by atoms with Crippen molar-refractivity contribution in [2.75, 3.05) is 13.7 Å². The summed E-state index contributed by atoms with van der Waals surface area (Å²) in [6.45, 7) is 0.839. The first-order valence-electron chi connectivity index (χ1n) is 5.21. The minimum absolute atomic E-state index is 0.794. The molecule has 82 valence electrons. The predicted octanol–water partition coefficient (Wildman–Crippen LogP) is 3.87. The zero-order valence-electron chi connectivity index (χ0n) is 9.08. The van der Waals surface area contributed by atoms with Crippen LogP contribution in [0.4, 0.5) is 0 Å². The second-order valence-corrected chi connectivity index (χ2v) is 3.87. The first-order valence-corrected chi connectivity index (χ1v) is 5.59. The Morgan fingerprint density at radius 3 is 2.60 bits per heavy atom. The number of halogens is 1. The number of rotatable bonds is 6. The normalized spacial score (nSPS) is 11.1. The molecule has 0 saturated heterocycles. The number of allylic oxidation sites excluding steroid dienone is 2. The van der Waals surface area contributed by atoms with Gasteiger partial charge in [0.25, 0.3) is 0 Å². The van der Waals surface area contributed by atoms with E-state index in [9.17, 15) is 0 Å². The fourth-order valence-corrected chi connectivity index (χ4v) is 1.43. The van der Waals surface area contributed by atoms with E-state index in [2.05, 4.69) is 24.3 Å². The van der Waals surface area contributed by atoms with Crippen molar-refractivity contribution >= 4 is 11.6 Å². The molecule has 0 aliphatic heterocycles. The van der Waals surface area contributed by atoms with Gasteiger partial charge in [0.2, 0.25) is 0 Å². The smallest absolute Gasteiger partial charge is 0.0465 e. The van der Waals surface area contributed by atoms with Crippen LogP contribution in [0.3, 0.4) is 0 Å². The van der Waals surface area contributed by atoms with Crippen LogP contribution in [0.15, 0.2) is 36.4 Å². The molecule has 0 heterocycles. The van der Waals surface area contributed by atoms with Gasteiger partial charge in [0.05, 0.1) is 0 Å². The SMILES string of the molecule is COCCCC=CCc1ccc(Cl)cc1. The van der Waals surface area contributed by atoms with Gasteiger partial charge in [0.15, 0.2) is 0 Å². The minimum Gasteiger partial charge on any atom is -0.385 e. The molecule has 1 rings (SSSR count). The van der Waals surface area contributed by atoms with Gasteiger partial charge in [0.1, 0.15) is 0 Å². The highest BCUT2D eigenvalue weighted by Gasteiger charge is 1.89. The van der Waals surface area contributed by atoms with Crippen molar-refractivity contribution in [2.24, 2.45) is 0 Å². The molecule has 0 saturated carbocycles. The Kier molecular flexibility index (Phi) is 6.14. The molecular formula is C13H17ClO. The molecule has 0 unspecified atom stereocenters. The lowest BCUT2D eigenvalue weighted by Gasteiger charge is -1.96. The third-order valence-corrected chi connectivity index (χ3v) is 2.40. The summed E-state index contributed by atoms with van der Waals surface area (Å²) in [5.41, 5.74) is 1.29. The second kappa shape index (κ2) is 7.49. The Hall–Kier alpha value is -0.790. The number of benzene rings is 1. The summed E-state index contributed by atoms with van der Waals surface area (Å²) in [4.78, 5) is 0. The molecule has 1 aromatic rings. The Morgan fingerprint density at radius 1 is 1.20 bits per heavy atom. The summed E-state index contributed by atoms with van der Waals surface area (Å²) in [6.07, 6.45) is 7.55. The van der Waals surface area contributed by atoms with Crippen LogP contribution in [0.2, 0.25) is 5.02 Å². The van der Waals surface area contributed by atoms with Gasteiger partial charge < -0.3 is 4.74 Å². The van der Waals surface area contributed by atoms with Crippen molar-refractivity contribution in [3.05, 3.63) is 47.0 Å². The van der Waals surface area contributed by atoms with Crippen molar-refractivity contribution in [3.63, 3.8) is 0 Å². The zero-order valence-corrected chi connectivity index (χ0v) is 9.83. The summed E-state index contributed by atoms with van der Waals surface area (Å²) >= 11 is 5.80. The van der Waals surface area contributed by atoms with Crippen molar-refractivity contribution in [2.45, 2.75) is 19.3 Å². The number of ether oxygens (including phenoxy) is 1. The number of methoxy groups -OCH3 is 1. The van der Waals surface area contributed by atoms with Crippen LogP contribution in [-0.2, 0) is 11.2 Å². The number of hydrogen-bond acceptors (Lipinski definition) is 1. The number of hydrogen-bond donors (Lipinski definition) is 0. The second-order valence-electron chi connectivity index (χ2n) is 3.44. The fraction of sp³-hybridized carbons (Fsp3) is 0.385. The van der Waals surface area contributed by atoms with Crippen molar-refractivity contribution in [1.82, 2.24) is 0 Å². The van der Waals surface area contributed by atoms with Gasteiger partial charge in [-0.2, -0.15) is 0 Å². The average Bonchev–Trinajstić information content (AvgIpc) is 2.26. The lowest BCUT2D eigenvalue weighted by Crippen LogP contribution is -1.86. The van der Waals surface area contributed by atoms with Gasteiger partial charge in [0, 0.05) is 18.7 Å². The molecule has 1 aromatic carbocycles. The quantitative estimate of drug-likeness (QED) is 0.527. The van der Waals surface area contributed by atoms with Gasteiger partial charge >= 0.3 is 0 Å². The average molecular weight is 225 g/mol. The van der Waals surface area contributed by atoms with Crippen molar-refractivity contribution < 1.29 is 4.74 Å². The summed E-state index contributed by atoms with van der Waals surface area (Å²) < 4.78 is 4.97. The van der Waals surface area contributed by atoms with Crippen LogP contribution in [0, 0.1) is 0 Å². The maximum absolute atomic E-state index is 5.80. The number of unbranched alkanes of at least 4 members (excludes halogenated alkanes) is 1. The fourth-order valence-electron chi connectivity index (χ4n) is 1.30. The molecule has 0 atom stereocenters. The van der Waals surface area contributed by atoms with Crippen molar-refractivity contribution in [3.8, 4) is 0 Å². The van der Waals surface area contributed by atoms with E-state index in [0.29, 0.717) is 0 Å². The van der Waals surface area contributed by atoms with Gasteiger partial charge in [-0.3, -0.25) is 0 Å². The monoisotopic (exact) mass is 224 g/mol. The van der Waals surface area contributed by atoms with E-state index in [4.69, 9.17) is 16.3 Å². The molecule has 0 aliphatic rings. The first kappa shape index (κ1) is 12.3. The Bertz CT molecular complexity index is 290. The lowest BCUT2D eigenvalue weighted by atomic mass is 10.1. The topological polar surface area (TPSA) is 9.23 Å². The van der Waals surface area contributed by atoms with Gasteiger partial charge in [-0.05, 0) is 37.0 Å². The van der Waals surface area contributed by atoms with Crippen LogP contribution >= 0.6 is 11.6 Å². The molecule has 0 amide bonds. The summed E-state index contributed by atoms with van der Waals surface area (Å²) in [6, 6.07) is 7.97. The summed E-state index contributed by atoms with van der Waals surface area (Å²) in [7, 11) is 1.73. The molecule has 0 radical (unpaired) electrons. The molecule has 2 heteroatoms. The molecule has 15 heavy (non-hydrogen) atoms. The van der Waals surface area contributed by atoms with E-state index in [-0.39, 0.29) is 0 Å². The predicted molar refractivity (Wildman–Crippen MR) is 65.4 cm³/mol. The zero-order chi connectivity index (χ0) is 10.9. The maximum Gasteiger partial charge on any atom is 0.0465 e. The minimum atomic E-state index is 0.794. The van der Waals surface area contributed by atoms with E-state index >= 15 is 0 Å². The van der Waals surface area contributed by atoms with Crippen LogP contribution in [0.5, 0.6) is 0 Å². The highest BCUT2D eigenvalue weighted by Crippen LogP contribution is 2.10. The molecule has 0 N–H and O–H groups in total. The van der Waals surface area contributed by atoms with Crippen LogP contribution in [0.1, 0.15) is 18.4 Å². The molecular weight excluding hydrogens is 208 g/mol. The Balaban J connectivity index is 2.22. The Morgan fingerprint density at radius 2 is 1.93 bits per heavy atom. The molecule has 0 fully saturated rings. The van der Waals surface area contributed by atoms with E-state index in [0.717, 1.165) is 30.9 Å². The summed E-state index contributed by atoms with van der Waals surface area (Å²) in [5, 5.41) is 0.794. The first-order chi connectivity index (χ1) is 7.33. The summed E-state index contributed by atoms with van der Waals surface area (Å²) in [5.74, 6) is 0. The van der Waals surface area contributed by atoms with Gasteiger partial charge in [-0.15, -0.1) is 0 Å². The molecule has 0 aromatic heterocycles. The molecule has 0 bridgehead atoms. The Labute approximate surface area is 96.7 Å². The highest BCUT2D eigenvalue weighted by atomic mass is 35.5. The van der Waals surface area contributed by atoms with E-state index < -0.39 is 0 Å². The largest absolute Gasteiger partial charge is 0.385 e. The van der Waals surface area contributed by atoms with Gasteiger partial charge in [-0.1, -0.05) is 35.9 Å². The molecule has 0 aliphatic carbocycles. The van der Waals surface area contributed by atoms with E-state index in [1.54, 1.807) is 7.11 Å². The van der Waals surface area contributed by atoms with E-state index in [1.165, 1.54) is 5.56 Å². The van der Waals surface area contributed by atoms with E-state index in [1.807, 2.05) is 12.1 Å². The molecule has 0 spiro atoms. The van der Waals surface area contributed by atoms with Crippen LogP contribution in [0.25, 0.3) is 0 Å². The third-order valence-electron chi connectivity index (χ3n) is 2.15. The third kappa shape index (κ3) is 5.60. The highest BCUT2D eigenvalue weighted by molar-refractivity contribution is 6.30. The van der Waals surface area contributed by atoms with Crippen LogP contribution < -0.4 is 0 Å².